The van der Waals surface area contributed by atoms with E-state index in [1.807, 2.05) is 30.3 Å². The van der Waals surface area contributed by atoms with Crippen molar-refractivity contribution in [2.24, 2.45) is 0 Å². The molecule has 18 heavy (non-hydrogen) atoms. The Morgan fingerprint density at radius 1 is 1.17 bits per heavy atom. The minimum Gasteiger partial charge on any atom is -0.268 e. The SMILES string of the molecule is CS(=O)c1ccccc1/C=C/c1ccc(=O)[nH]n1. The van der Waals surface area contributed by atoms with Gasteiger partial charge in [-0.2, -0.15) is 5.10 Å². The third-order valence-electron chi connectivity index (χ3n) is 2.36. The topological polar surface area (TPSA) is 62.8 Å². The molecule has 0 aliphatic heterocycles. The lowest BCUT2D eigenvalue weighted by atomic mass is 10.2. The standard InChI is InChI=1S/C13H12N2O2S/c1-18(17)12-5-3-2-4-10(12)6-7-11-8-9-13(16)15-14-11/h2-9H,1H3,(H,15,16)/b7-6+. The van der Waals surface area contributed by atoms with Crippen molar-refractivity contribution in [1.29, 1.82) is 0 Å². The van der Waals surface area contributed by atoms with Gasteiger partial charge < -0.3 is 0 Å². The summed E-state index contributed by atoms with van der Waals surface area (Å²) in [4.78, 5) is 11.6. The van der Waals surface area contributed by atoms with Crippen LogP contribution in [0.25, 0.3) is 12.2 Å². The number of nitrogens with zero attached hydrogens (tertiary/aromatic N) is 1. The summed E-state index contributed by atoms with van der Waals surface area (Å²) in [6, 6.07) is 10.5. The highest BCUT2D eigenvalue weighted by Gasteiger charge is 2.01. The van der Waals surface area contributed by atoms with Gasteiger partial charge in [-0.25, -0.2) is 5.10 Å². The van der Waals surface area contributed by atoms with E-state index in [-0.39, 0.29) is 5.56 Å². The zero-order valence-electron chi connectivity index (χ0n) is 9.79. The van der Waals surface area contributed by atoms with Gasteiger partial charge in [0.05, 0.1) is 16.5 Å². The minimum atomic E-state index is -1.03. The van der Waals surface area contributed by atoms with E-state index in [1.165, 1.54) is 6.07 Å². The lowest BCUT2D eigenvalue weighted by molar-refractivity contribution is 0.686. The second-order valence-electron chi connectivity index (χ2n) is 3.67. The molecule has 5 heteroatoms. The smallest absolute Gasteiger partial charge is 0.264 e. The predicted molar refractivity (Wildman–Crippen MR) is 72.6 cm³/mol. The number of H-pyrrole nitrogens is 1. The van der Waals surface area contributed by atoms with Crippen LogP contribution in [0.2, 0.25) is 0 Å². The van der Waals surface area contributed by atoms with Gasteiger partial charge in [0.25, 0.3) is 5.56 Å². The molecule has 0 fully saturated rings. The third-order valence-corrected chi connectivity index (χ3v) is 3.35. The fourth-order valence-electron chi connectivity index (χ4n) is 1.50. The van der Waals surface area contributed by atoms with Gasteiger partial charge in [-0.3, -0.25) is 9.00 Å². The maximum absolute atomic E-state index is 11.5. The molecule has 1 heterocycles. The lowest BCUT2D eigenvalue weighted by Crippen LogP contribution is -2.05. The van der Waals surface area contributed by atoms with Crippen LogP contribution in [0.3, 0.4) is 0 Å². The first-order valence-corrected chi connectivity index (χ1v) is 6.89. The molecule has 0 saturated heterocycles. The van der Waals surface area contributed by atoms with Gasteiger partial charge >= 0.3 is 0 Å². The molecule has 92 valence electrons. The number of hydrogen-bond donors (Lipinski definition) is 1. The largest absolute Gasteiger partial charge is 0.268 e. The molecule has 1 aromatic carbocycles. The van der Waals surface area contributed by atoms with Crippen molar-refractivity contribution >= 4 is 23.0 Å². The van der Waals surface area contributed by atoms with E-state index in [0.29, 0.717) is 5.69 Å². The molecule has 2 rings (SSSR count). The summed E-state index contributed by atoms with van der Waals surface area (Å²) in [5, 5.41) is 6.22. The summed E-state index contributed by atoms with van der Waals surface area (Å²) in [5.74, 6) is 0. The van der Waals surface area contributed by atoms with Crippen LogP contribution in [0.4, 0.5) is 0 Å². The molecule has 0 spiro atoms. The van der Waals surface area contributed by atoms with Gasteiger partial charge in [-0.15, -0.1) is 0 Å². The molecule has 0 aliphatic carbocycles. The Bertz CT molecular complexity index is 642. The molecule has 0 radical (unpaired) electrons. The molecule has 4 nitrogen and oxygen atoms in total. The predicted octanol–water partition coefficient (Wildman–Crippen LogP) is 1.68. The van der Waals surface area contributed by atoms with Crippen molar-refractivity contribution < 1.29 is 4.21 Å². The summed E-state index contributed by atoms with van der Waals surface area (Å²) >= 11 is 0. The molecule has 2 aromatic rings. The van der Waals surface area contributed by atoms with E-state index in [1.54, 1.807) is 18.4 Å². The number of benzene rings is 1. The summed E-state index contributed by atoms with van der Waals surface area (Å²) in [6.45, 7) is 0. The van der Waals surface area contributed by atoms with Gasteiger partial charge in [0.2, 0.25) is 0 Å². The number of aromatic amines is 1. The van der Waals surface area contributed by atoms with Crippen molar-refractivity contribution in [2.75, 3.05) is 6.26 Å². The van der Waals surface area contributed by atoms with Crippen LogP contribution in [-0.2, 0) is 10.8 Å². The van der Waals surface area contributed by atoms with Gasteiger partial charge in [-0.05, 0) is 23.8 Å². The van der Waals surface area contributed by atoms with Crippen molar-refractivity contribution in [3.63, 3.8) is 0 Å². The third kappa shape index (κ3) is 3.01. The Kier molecular flexibility index (Phi) is 3.84. The van der Waals surface area contributed by atoms with E-state index < -0.39 is 10.8 Å². The van der Waals surface area contributed by atoms with Gasteiger partial charge in [-0.1, -0.05) is 24.3 Å². The number of nitrogens with one attached hydrogen (secondary N) is 1. The molecule has 1 aromatic heterocycles. The zero-order chi connectivity index (χ0) is 13.0. The highest BCUT2D eigenvalue weighted by atomic mass is 32.2. The zero-order valence-corrected chi connectivity index (χ0v) is 10.6. The van der Waals surface area contributed by atoms with Crippen LogP contribution in [0.15, 0.2) is 46.1 Å². The number of aromatic nitrogens is 2. The van der Waals surface area contributed by atoms with Crippen LogP contribution >= 0.6 is 0 Å². The Labute approximate surface area is 107 Å². The van der Waals surface area contributed by atoms with E-state index >= 15 is 0 Å². The Balaban J connectivity index is 2.31. The fraction of sp³-hybridized carbons (Fsp3) is 0.0769. The molecule has 1 unspecified atom stereocenters. The molecule has 0 aliphatic rings. The molecule has 1 N–H and O–H groups in total. The molecule has 1 atom stereocenters. The summed E-state index contributed by atoms with van der Waals surface area (Å²) in [7, 11) is -1.03. The quantitative estimate of drug-likeness (QED) is 0.913. The van der Waals surface area contributed by atoms with Crippen molar-refractivity contribution in [3.05, 3.63) is 58.0 Å². The minimum absolute atomic E-state index is 0.234. The van der Waals surface area contributed by atoms with E-state index in [9.17, 15) is 9.00 Å². The fourth-order valence-corrected chi connectivity index (χ4v) is 2.24. The van der Waals surface area contributed by atoms with Crippen LogP contribution < -0.4 is 5.56 Å². The maximum atomic E-state index is 11.5. The summed E-state index contributed by atoms with van der Waals surface area (Å²) in [5.41, 5.74) is 1.29. The normalized spacial score (nSPS) is 12.7. The van der Waals surface area contributed by atoms with Gasteiger partial charge in [0.15, 0.2) is 0 Å². The van der Waals surface area contributed by atoms with Gasteiger partial charge in [0.1, 0.15) is 0 Å². The van der Waals surface area contributed by atoms with E-state index in [4.69, 9.17) is 0 Å². The average Bonchev–Trinajstić information content (AvgIpc) is 2.38. The maximum Gasteiger partial charge on any atom is 0.264 e. The van der Waals surface area contributed by atoms with Crippen LogP contribution in [0, 0.1) is 0 Å². The first kappa shape index (κ1) is 12.4. The second kappa shape index (κ2) is 5.55. The summed E-state index contributed by atoms with van der Waals surface area (Å²) < 4.78 is 11.5. The van der Waals surface area contributed by atoms with Crippen molar-refractivity contribution in [2.45, 2.75) is 4.90 Å². The van der Waals surface area contributed by atoms with Gasteiger partial charge in [0, 0.05) is 17.2 Å². The van der Waals surface area contributed by atoms with E-state index in [2.05, 4.69) is 10.2 Å². The molecule has 0 bridgehead atoms. The monoisotopic (exact) mass is 260 g/mol. The first-order chi connectivity index (χ1) is 8.66. The van der Waals surface area contributed by atoms with E-state index in [0.717, 1.165) is 10.5 Å². The molecular weight excluding hydrogens is 248 g/mol. The Hall–Kier alpha value is -2.01. The number of hydrogen-bond acceptors (Lipinski definition) is 3. The van der Waals surface area contributed by atoms with Crippen LogP contribution in [0.1, 0.15) is 11.3 Å². The second-order valence-corrected chi connectivity index (χ2v) is 5.02. The molecular formula is C13H12N2O2S. The average molecular weight is 260 g/mol. The van der Waals surface area contributed by atoms with Crippen molar-refractivity contribution in [1.82, 2.24) is 10.2 Å². The first-order valence-electron chi connectivity index (χ1n) is 5.33. The lowest BCUT2D eigenvalue weighted by Gasteiger charge is -2.01. The Morgan fingerprint density at radius 3 is 2.61 bits per heavy atom. The molecule has 0 saturated carbocycles. The highest BCUT2D eigenvalue weighted by Crippen LogP contribution is 2.15. The van der Waals surface area contributed by atoms with Crippen molar-refractivity contribution in [3.8, 4) is 0 Å². The summed E-state index contributed by atoms with van der Waals surface area (Å²) in [6.07, 6.45) is 5.24. The Morgan fingerprint density at radius 2 is 1.94 bits per heavy atom. The van der Waals surface area contributed by atoms with Crippen LogP contribution in [-0.4, -0.2) is 20.7 Å². The van der Waals surface area contributed by atoms with Crippen LogP contribution in [0.5, 0.6) is 0 Å². The highest BCUT2D eigenvalue weighted by molar-refractivity contribution is 7.84. The molecule has 0 amide bonds. The number of rotatable bonds is 3.